The van der Waals surface area contributed by atoms with Crippen molar-refractivity contribution in [1.29, 1.82) is 0 Å². The second kappa shape index (κ2) is 5.86. The van der Waals surface area contributed by atoms with Gasteiger partial charge in [0.1, 0.15) is 10.8 Å². The lowest BCUT2D eigenvalue weighted by Gasteiger charge is -2.08. The molecule has 1 heterocycles. The highest BCUT2D eigenvalue weighted by Crippen LogP contribution is 2.16. The van der Waals surface area contributed by atoms with Crippen LogP contribution in [-0.2, 0) is 10.0 Å². The van der Waals surface area contributed by atoms with E-state index in [4.69, 9.17) is 18.0 Å². The van der Waals surface area contributed by atoms with Crippen molar-refractivity contribution in [2.45, 2.75) is 4.90 Å². The lowest BCUT2D eigenvalue weighted by molar-refractivity contribution is 0.601. The number of nitrogens with one attached hydrogen (secondary N) is 1. The van der Waals surface area contributed by atoms with Gasteiger partial charge in [0.15, 0.2) is 0 Å². The van der Waals surface area contributed by atoms with Gasteiger partial charge in [0.25, 0.3) is 10.0 Å². The minimum atomic E-state index is -3.68. The van der Waals surface area contributed by atoms with E-state index in [0.29, 0.717) is 5.56 Å². The van der Waals surface area contributed by atoms with Crippen LogP contribution >= 0.6 is 28.1 Å². The van der Waals surface area contributed by atoms with E-state index in [0.717, 1.165) is 4.47 Å². The molecule has 0 saturated carbocycles. The highest BCUT2D eigenvalue weighted by atomic mass is 79.9. The largest absolute Gasteiger partial charge is 0.389 e. The molecule has 0 bridgehead atoms. The van der Waals surface area contributed by atoms with Gasteiger partial charge in [0, 0.05) is 16.2 Å². The Hall–Kier alpha value is -1.51. The summed E-state index contributed by atoms with van der Waals surface area (Å²) in [5, 5.41) is 0. The standard InChI is InChI=1S/C12H10BrN3O2S2/c13-9-3-6-11(15-7-9)16-20(17,18)10-4-1-8(2-5-10)12(14)19/h1-7H,(H2,14,19)(H,15,16). The van der Waals surface area contributed by atoms with Crippen LogP contribution < -0.4 is 10.5 Å². The van der Waals surface area contributed by atoms with Crippen molar-refractivity contribution in [1.82, 2.24) is 4.98 Å². The zero-order valence-electron chi connectivity index (χ0n) is 10.1. The van der Waals surface area contributed by atoms with Crippen LogP contribution in [0.5, 0.6) is 0 Å². The highest BCUT2D eigenvalue weighted by molar-refractivity contribution is 9.10. The van der Waals surface area contributed by atoms with Gasteiger partial charge >= 0.3 is 0 Å². The van der Waals surface area contributed by atoms with Gasteiger partial charge in [-0.05, 0) is 40.2 Å². The molecular weight excluding hydrogens is 362 g/mol. The number of halogens is 1. The fraction of sp³-hybridized carbons (Fsp3) is 0. The summed E-state index contributed by atoms with van der Waals surface area (Å²) in [5.74, 6) is 0.242. The Morgan fingerprint density at radius 2 is 1.85 bits per heavy atom. The number of thiocarbonyl (C=S) groups is 1. The number of hydrogen-bond acceptors (Lipinski definition) is 4. The third-order valence-electron chi connectivity index (χ3n) is 2.42. The third kappa shape index (κ3) is 3.53. The zero-order chi connectivity index (χ0) is 14.8. The van der Waals surface area contributed by atoms with Crippen LogP contribution in [0.4, 0.5) is 5.82 Å². The second-order valence-electron chi connectivity index (χ2n) is 3.86. The third-order valence-corrected chi connectivity index (χ3v) is 4.49. The smallest absolute Gasteiger partial charge is 0.263 e. The van der Waals surface area contributed by atoms with Crippen molar-refractivity contribution in [2.24, 2.45) is 5.73 Å². The Morgan fingerprint density at radius 3 is 2.35 bits per heavy atom. The van der Waals surface area contributed by atoms with Crippen LogP contribution in [-0.4, -0.2) is 18.4 Å². The summed E-state index contributed by atoms with van der Waals surface area (Å²) in [5.41, 5.74) is 6.07. The number of pyridine rings is 1. The van der Waals surface area contributed by atoms with E-state index in [1.54, 1.807) is 24.3 Å². The highest BCUT2D eigenvalue weighted by Gasteiger charge is 2.14. The van der Waals surface area contributed by atoms with Crippen LogP contribution in [0, 0.1) is 0 Å². The van der Waals surface area contributed by atoms with Gasteiger partial charge in [0.05, 0.1) is 4.90 Å². The van der Waals surface area contributed by atoms with E-state index in [2.05, 4.69) is 25.6 Å². The number of hydrogen-bond donors (Lipinski definition) is 2. The minimum Gasteiger partial charge on any atom is -0.389 e. The van der Waals surface area contributed by atoms with E-state index in [1.165, 1.54) is 18.3 Å². The number of nitrogens with two attached hydrogens (primary N) is 1. The van der Waals surface area contributed by atoms with Crippen molar-refractivity contribution < 1.29 is 8.42 Å². The minimum absolute atomic E-state index is 0.113. The SMILES string of the molecule is NC(=S)c1ccc(S(=O)(=O)Nc2ccc(Br)cn2)cc1. The van der Waals surface area contributed by atoms with Crippen LogP contribution in [0.2, 0.25) is 0 Å². The molecule has 3 N–H and O–H groups in total. The first kappa shape index (κ1) is 14.9. The number of rotatable bonds is 4. The van der Waals surface area contributed by atoms with Crippen molar-refractivity contribution in [3.05, 3.63) is 52.6 Å². The molecule has 0 fully saturated rings. The summed E-state index contributed by atoms with van der Waals surface area (Å²) in [7, 11) is -3.68. The molecule has 104 valence electrons. The zero-order valence-corrected chi connectivity index (χ0v) is 13.3. The molecule has 0 saturated heterocycles. The van der Waals surface area contributed by atoms with E-state index in [-0.39, 0.29) is 15.7 Å². The summed E-state index contributed by atoms with van der Waals surface area (Å²) < 4.78 is 27.4. The van der Waals surface area contributed by atoms with E-state index < -0.39 is 10.0 Å². The summed E-state index contributed by atoms with van der Waals surface area (Å²) in [6.07, 6.45) is 1.51. The maximum absolute atomic E-state index is 12.1. The molecule has 0 amide bonds. The Kier molecular flexibility index (Phi) is 4.36. The fourth-order valence-electron chi connectivity index (χ4n) is 1.43. The monoisotopic (exact) mass is 371 g/mol. The van der Waals surface area contributed by atoms with Crippen molar-refractivity contribution in [3.63, 3.8) is 0 Å². The summed E-state index contributed by atoms with van der Waals surface area (Å²) >= 11 is 8.04. The van der Waals surface area contributed by atoms with E-state index >= 15 is 0 Å². The molecule has 1 aromatic heterocycles. The molecule has 1 aromatic carbocycles. The first-order valence-electron chi connectivity index (χ1n) is 5.43. The van der Waals surface area contributed by atoms with Gasteiger partial charge in [-0.1, -0.05) is 24.4 Å². The van der Waals surface area contributed by atoms with E-state index in [9.17, 15) is 8.42 Å². The molecule has 0 atom stereocenters. The average molecular weight is 372 g/mol. The Bertz CT molecular complexity index is 728. The van der Waals surface area contributed by atoms with Gasteiger partial charge in [0.2, 0.25) is 0 Å². The van der Waals surface area contributed by atoms with Gasteiger partial charge < -0.3 is 5.73 Å². The number of nitrogens with zero attached hydrogens (tertiary/aromatic N) is 1. The van der Waals surface area contributed by atoms with Crippen LogP contribution in [0.15, 0.2) is 52.0 Å². The lowest BCUT2D eigenvalue weighted by atomic mass is 10.2. The van der Waals surface area contributed by atoms with Gasteiger partial charge in [-0.25, -0.2) is 13.4 Å². The summed E-state index contributed by atoms with van der Waals surface area (Å²) in [6, 6.07) is 9.26. The van der Waals surface area contributed by atoms with E-state index in [1.807, 2.05) is 0 Å². The number of aromatic nitrogens is 1. The molecule has 0 spiro atoms. The number of sulfonamides is 1. The maximum Gasteiger partial charge on any atom is 0.263 e. The second-order valence-corrected chi connectivity index (χ2v) is 6.89. The number of anilines is 1. The predicted octanol–water partition coefficient (Wildman–Crippen LogP) is 2.28. The average Bonchev–Trinajstić information content (AvgIpc) is 2.41. The molecule has 0 unspecified atom stereocenters. The van der Waals surface area contributed by atoms with Crippen molar-refractivity contribution in [2.75, 3.05) is 4.72 Å². The molecule has 0 radical (unpaired) electrons. The number of benzene rings is 1. The Morgan fingerprint density at radius 1 is 1.20 bits per heavy atom. The normalized spacial score (nSPS) is 11.1. The van der Waals surface area contributed by atoms with Crippen LogP contribution in [0.1, 0.15) is 5.56 Å². The van der Waals surface area contributed by atoms with Gasteiger partial charge in [-0.15, -0.1) is 0 Å². The Balaban J connectivity index is 2.26. The first-order valence-corrected chi connectivity index (χ1v) is 8.11. The molecular formula is C12H10BrN3O2S2. The molecule has 0 aliphatic carbocycles. The summed E-state index contributed by atoms with van der Waals surface area (Å²) in [4.78, 5) is 4.29. The van der Waals surface area contributed by atoms with Crippen molar-refractivity contribution in [3.8, 4) is 0 Å². The lowest BCUT2D eigenvalue weighted by Crippen LogP contribution is -2.14. The maximum atomic E-state index is 12.1. The first-order chi connectivity index (χ1) is 9.38. The molecule has 5 nitrogen and oxygen atoms in total. The van der Waals surface area contributed by atoms with Gasteiger partial charge in [-0.3, -0.25) is 4.72 Å². The summed E-state index contributed by atoms with van der Waals surface area (Å²) in [6.45, 7) is 0. The molecule has 0 aliphatic heterocycles. The van der Waals surface area contributed by atoms with Gasteiger partial charge in [-0.2, -0.15) is 0 Å². The molecule has 2 aromatic rings. The Labute approximate surface area is 130 Å². The topological polar surface area (TPSA) is 85.1 Å². The quantitative estimate of drug-likeness (QED) is 0.805. The van der Waals surface area contributed by atoms with Crippen LogP contribution in [0.25, 0.3) is 0 Å². The molecule has 20 heavy (non-hydrogen) atoms. The molecule has 0 aliphatic rings. The fourth-order valence-corrected chi connectivity index (χ4v) is 2.81. The predicted molar refractivity (Wildman–Crippen MR) is 85.1 cm³/mol. The van der Waals surface area contributed by atoms with Crippen LogP contribution in [0.3, 0.4) is 0 Å². The van der Waals surface area contributed by atoms with Crippen molar-refractivity contribution >= 4 is 49.0 Å². The molecule has 2 rings (SSSR count). The molecule has 8 heteroatoms.